The van der Waals surface area contributed by atoms with Gasteiger partial charge in [0.25, 0.3) is 0 Å². The van der Waals surface area contributed by atoms with Crippen molar-refractivity contribution >= 4 is 13.5 Å². The monoisotopic (exact) mass is 348 g/mol. The van der Waals surface area contributed by atoms with Gasteiger partial charge in [0.1, 0.15) is 5.41 Å². The van der Waals surface area contributed by atoms with Crippen molar-refractivity contribution in [3.8, 4) is 0 Å². The number of rotatable bonds is 9. The Kier molecular flexibility index (Phi) is 7.66. The Bertz CT molecular complexity index is 495. The molecule has 0 spiro atoms. The molecule has 134 valence electrons. The molecule has 0 unspecified atom stereocenters. The SMILES string of the molecule is CC(=O)[Si](C)(C)COC[C@@H](OCc1ccccc1)C1CCCCC1. The van der Waals surface area contributed by atoms with Crippen LogP contribution in [0.3, 0.4) is 0 Å². The third-order valence-corrected chi connectivity index (χ3v) is 8.01. The van der Waals surface area contributed by atoms with Crippen molar-refractivity contribution in [1.82, 2.24) is 0 Å². The Morgan fingerprint density at radius 3 is 2.46 bits per heavy atom. The van der Waals surface area contributed by atoms with E-state index < -0.39 is 8.07 Å². The van der Waals surface area contributed by atoms with Crippen LogP contribution in [0.2, 0.25) is 13.1 Å². The molecule has 1 aromatic carbocycles. The molecule has 4 heteroatoms. The second-order valence-corrected chi connectivity index (χ2v) is 12.4. The van der Waals surface area contributed by atoms with Crippen LogP contribution in [0.25, 0.3) is 0 Å². The zero-order chi connectivity index (χ0) is 17.4. The first kappa shape index (κ1) is 19.4. The predicted molar refractivity (Wildman–Crippen MR) is 101 cm³/mol. The number of hydrogen-bond acceptors (Lipinski definition) is 3. The highest BCUT2D eigenvalue weighted by Crippen LogP contribution is 2.29. The summed E-state index contributed by atoms with van der Waals surface area (Å²) in [6, 6.07) is 10.3. The lowest BCUT2D eigenvalue weighted by Gasteiger charge is -2.31. The second-order valence-electron chi connectivity index (χ2n) is 7.69. The fourth-order valence-corrected chi connectivity index (χ4v) is 3.97. The van der Waals surface area contributed by atoms with Crippen LogP contribution in [0, 0.1) is 5.92 Å². The largest absolute Gasteiger partial charge is 0.381 e. The zero-order valence-corrected chi connectivity index (χ0v) is 16.4. The van der Waals surface area contributed by atoms with Crippen LogP contribution >= 0.6 is 0 Å². The van der Waals surface area contributed by atoms with Crippen LogP contribution in [-0.2, 0) is 20.9 Å². The first-order chi connectivity index (χ1) is 11.5. The summed E-state index contributed by atoms with van der Waals surface area (Å²) in [4.78, 5) is 11.7. The van der Waals surface area contributed by atoms with Gasteiger partial charge in [0.15, 0.2) is 8.07 Å². The van der Waals surface area contributed by atoms with E-state index in [1.165, 1.54) is 37.7 Å². The first-order valence-electron chi connectivity index (χ1n) is 9.23. The minimum atomic E-state index is -1.90. The van der Waals surface area contributed by atoms with Crippen LogP contribution in [0.1, 0.15) is 44.6 Å². The molecule has 0 radical (unpaired) electrons. The molecule has 1 aliphatic rings. The fraction of sp³-hybridized carbons (Fsp3) is 0.650. The van der Waals surface area contributed by atoms with Crippen LogP contribution in [0.15, 0.2) is 30.3 Å². The minimum absolute atomic E-state index is 0.141. The van der Waals surface area contributed by atoms with Crippen molar-refractivity contribution in [2.45, 2.75) is 64.8 Å². The Balaban J connectivity index is 1.88. The van der Waals surface area contributed by atoms with E-state index in [-0.39, 0.29) is 6.10 Å². The van der Waals surface area contributed by atoms with Gasteiger partial charge in [-0.25, -0.2) is 0 Å². The molecule has 0 amide bonds. The molecule has 0 N–H and O–H groups in total. The normalized spacial score (nSPS) is 17.6. The van der Waals surface area contributed by atoms with Gasteiger partial charge in [0, 0.05) is 6.23 Å². The van der Waals surface area contributed by atoms with E-state index in [1.807, 2.05) is 18.2 Å². The lowest BCUT2D eigenvalue weighted by molar-refractivity contribution is -0.111. The lowest BCUT2D eigenvalue weighted by Crippen LogP contribution is -2.43. The molecular formula is C20H32O3Si. The van der Waals surface area contributed by atoms with Crippen molar-refractivity contribution in [2.75, 3.05) is 12.8 Å². The molecular weight excluding hydrogens is 316 g/mol. The molecule has 1 fully saturated rings. The summed E-state index contributed by atoms with van der Waals surface area (Å²) >= 11 is 0. The maximum absolute atomic E-state index is 11.7. The summed E-state index contributed by atoms with van der Waals surface area (Å²) in [6.45, 7) is 7.10. The highest BCUT2D eigenvalue weighted by molar-refractivity contribution is 7.04. The summed E-state index contributed by atoms with van der Waals surface area (Å²) in [6.07, 6.45) is 7.13. The Labute approximate surface area is 147 Å². The minimum Gasteiger partial charge on any atom is -0.381 e. The van der Waals surface area contributed by atoms with Gasteiger partial charge >= 0.3 is 0 Å². The van der Waals surface area contributed by atoms with Crippen LogP contribution in [-0.4, -0.2) is 32.4 Å². The van der Waals surface area contributed by atoms with Crippen molar-refractivity contribution < 1.29 is 14.3 Å². The number of benzene rings is 1. The number of hydrogen-bond donors (Lipinski definition) is 0. The van der Waals surface area contributed by atoms with E-state index in [0.29, 0.717) is 30.8 Å². The van der Waals surface area contributed by atoms with Crippen molar-refractivity contribution in [3.05, 3.63) is 35.9 Å². The Morgan fingerprint density at radius 2 is 1.83 bits per heavy atom. The van der Waals surface area contributed by atoms with Crippen LogP contribution < -0.4 is 0 Å². The molecule has 0 heterocycles. The van der Waals surface area contributed by atoms with E-state index in [4.69, 9.17) is 9.47 Å². The van der Waals surface area contributed by atoms with E-state index in [2.05, 4.69) is 25.2 Å². The average Bonchev–Trinajstić information content (AvgIpc) is 2.59. The molecule has 0 bridgehead atoms. The Hall–Kier alpha value is -0.973. The molecule has 0 saturated heterocycles. The van der Waals surface area contributed by atoms with Gasteiger partial charge in [-0.1, -0.05) is 62.7 Å². The third kappa shape index (κ3) is 6.15. The van der Waals surface area contributed by atoms with Gasteiger partial charge in [-0.3, -0.25) is 0 Å². The lowest BCUT2D eigenvalue weighted by atomic mass is 9.85. The maximum Gasteiger partial charge on any atom is 0.154 e. The number of ether oxygens (including phenoxy) is 2. The summed E-state index contributed by atoms with van der Waals surface area (Å²) in [7, 11) is -1.90. The van der Waals surface area contributed by atoms with E-state index in [0.717, 1.165) is 0 Å². The summed E-state index contributed by atoms with van der Waals surface area (Å²) < 4.78 is 12.2. The van der Waals surface area contributed by atoms with Crippen LogP contribution in [0.4, 0.5) is 0 Å². The Morgan fingerprint density at radius 1 is 1.17 bits per heavy atom. The molecule has 1 atom stereocenters. The van der Waals surface area contributed by atoms with Crippen molar-refractivity contribution in [1.29, 1.82) is 0 Å². The van der Waals surface area contributed by atoms with Crippen molar-refractivity contribution in [3.63, 3.8) is 0 Å². The summed E-state index contributed by atoms with van der Waals surface area (Å²) in [5.74, 6) is 0.588. The van der Waals surface area contributed by atoms with Gasteiger partial charge in [0.2, 0.25) is 0 Å². The topological polar surface area (TPSA) is 35.5 Å². The quantitative estimate of drug-likeness (QED) is 0.614. The third-order valence-electron chi connectivity index (χ3n) is 5.18. The molecule has 1 aliphatic carbocycles. The van der Waals surface area contributed by atoms with Gasteiger partial charge < -0.3 is 14.3 Å². The number of carbonyl (C=O) groups is 1. The van der Waals surface area contributed by atoms with E-state index >= 15 is 0 Å². The fourth-order valence-electron chi connectivity index (χ4n) is 3.14. The van der Waals surface area contributed by atoms with E-state index in [1.54, 1.807) is 6.92 Å². The van der Waals surface area contributed by atoms with E-state index in [9.17, 15) is 4.79 Å². The summed E-state index contributed by atoms with van der Waals surface area (Å²) in [5, 5.41) is 0.307. The van der Waals surface area contributed by atoms with Crippen LogP contribution in [0.5, 0.6) is 0 Å². The van der Waals surface area contributed by atoms with Gasteiger partial charge in [0.05, 0.1) is 19.3 Å². The first-order valence-corrected chi connectivity index (χ1v) is 12.4. The average molecular weight is 349 g/mol. The van der Waals surface area contributed by atoms with Gasteiger partial charge in [-0.2, -0.15) is 0 Å². The molecule has 0 aromatic heterocycles. The predicted octanol–water partition coefficient (Wildman–Crippen LogP) is 4.54. The van der Waals surface area contributed by atoms with Crippen molar-refractivity contribution in [2.24, 2.45) is 5.92 Å². The smallest absolute Gasteiger partial charge is 0.154 e. The molecule has 24 heavy (non-hydrogen) atoms. The van der Waals surface area contributed by atoms with Gasteiger partial charge in [-0.05, 0) is 31.2 Å². The molecule has 1 saturated carbocycles. The highest BCUT2D eigenvalue weighted by atomic mass is 28.3. The molecule has 2 rings (SSSR count). The maximum atomic E-state index is 11.7. The molecule has 3 nitrogen and oxygen atoms in total. The van der Waals surface area contributed by atoms with Gasteiger partial charge in [-0.15, -0.1) is 0 Å². The zero-order valence-electron chi connectivity index (χ0n) is 15.4. The summed E-state index contributed by atoms with van der Waals surface area (Å²) in [5.41, 5.74) is 1.21. The standard InChI is InChI=1S/C20H32O3Si/c1-17(21)24(2,3)16-22-15-20(19-12-8-5-9-13-19)23-14-18-10-6-4-7-11-18/h4,6-7,10-11,19-20H,5,8-9,12-16H2,1-3H3/t20-/m1/s1. The number of carbonyl (C=O) groups excluding carboxylic acids is 1. The molecule has 1 aromatic rings. The second kappa shape index (κ2) is 9.49. The highest BCUT2D eigenvalue weighted by Gasteiger charge is 2.29. The molecule has 0 aliphatic heterocycles.